The fraction of sp³-hybridized carbons (Fsp3) is 0. The molecule has 4 nitrogen and oxygen atoms in total. The summed E-state index contributed by atoms with van der Waals surface area (Å²) in [6.45, 7) is 0. The van der Waals surface area contributed by atoms with Crippen molar-refractivity contribution in [3.05, 3.63) is 0 Å². The molecule has 0 N–H and O–H groups in total. The van der Waals surface area contributed by atoms with Crippen molar-refractivity contribution in [1.29, 1.82) is 0 Å². The molecular formula is C6H3O4P. The van der Waals surface area contributed by atoms with Crippen LogP contribution in [-0.2, 0) is 18.1 Å². The van der Waals surface area contributed by atoms with Crippen molar-refractivity contribution in [2.45, 2.75) is 0 Å². The van der Waals surface area contributed by atoms with E-state index in [1.807, 2.05) is 0 Å². The van der Waals surface area contributed by atoms with E-state index in [1.165, 1.54) is 0 Å². The monoisotopic (exact) mass is 170 g/mol. The molecule has 0 rings (SSSR count). The van der Waals surface area contributed by atoms with Crippen molar-refractivity contribution >= 4 is 7.82 Å². The van der Waals surface area contributed by atoms with E-state index in [2.05, 4.69) is 32.8 Å². The third-order valence-electron chi connectivity index (χ3n) is 0.494. The topological polar surface area (TPSA) is 44.8 Å². The van der Waals surface area contributed by atoms with Crippen LogP contribution in [0.3, 0.4) is 0 Å². The van der Waals surface area contributed by atoms with Gasteiger partial charge in [-0.2, -0.15) is 4.57 Å². The van der Waals surface area contributed by atoms with E-state index >= 15 is 0 Å². The third kappa shape index (κ3) is 3.11. The van der Waals surface area contributed by atoms with Gasteiger partial charge in [-0.1, -0.05) is 19.3 Å². The Labute approximate surface area is 64.5 Å². The highest BCUT2D eigenvalue weighted by Crippen LogP contribution is 2.48. The first-order valence-electron chi connectivity index (χ1n) is 2.21. The van der Waals surface area contributed by atoms with Gasteiger partial charge in [0.05, 0.1) is 0 Å². The molecule has 11 heavy (non-hydrogen) atoms. The van der Waals surface area contributed by atoms with Crippen LogP contribution in [0.25, 0.3) is 0 Å². The van der Waals surface area contributed by atoms with Gasteiger partial charge in [0, 0.05) is 0 Å². The average molecular weight is 170 g/mol. The molecule has 0 aliphatic rings. The fourth-order valence-electron chi connectivity index (χ4n) is 0.250. The van der Waals surface area contributed by atoms with Crippen LogP contribution >= 0.6 is 7.82 Å². The lowest BCUT2D eigenvalue weighted by Gasteiger charge is -2.05. The summed E-state index contributed by atoms with van der Waals surface area (Å²) in [7, 11) is -3.93. The molecule has 0 heterocycles. The average Bonchev–Trinajstić information content (AvgIpc) is 1.88. The molecule has 0 amide bonds. The lowest BCUT2D eigenvalue weighted by Crippen LogP contribution is -1.88. The molecule has 0 saturated carbocycles. The Morgan fingerprint density at radius 3 is 1.36 bits per heavy atom. The summed E-state index contributed by atoms with van der Waals surface area (Å²) in [5.41, 5.74) is 0. The van der Waals surface area contributed by atoms with Gasteiger partial charge in [0.1, 0.15) is 18.3 Å². The highest BCUT2D eigenvalue weighted by atomic mass is 31.2. The van der Waals surface area contributed by atoms with Crippen molar-refractivity contribution in [3.8, 4) is 37.6 Å². The molecule has 56 valence electrons. The maximum atomic E-state index is 10.9. The number of hydrogen-bond donors (Lipinski definition) is 0. The Bertz CT molecular complexity index is 240. The number of terminal acetylenes is 3. The summed E-state index contributed by atoms with van der Waals surface area (Å²) in [5.74, 6) is 0. The smallest absolute Gasteiger partial charge is 0.331 e. The number of rotatable bonds is 3. The highest BCUT2D eigenvalue weighted by Gasteiger charge is 2.29. The predicted octanol–water partition coefficient (Wildman–Crippen LogP) is 0.916. The van der Waals surface area contributed by atoms with Crippen LogP contribution in [0.1, 0.15) is 0 Å². The second-order valence-corrected chi connectivity index (χ2v) is 2.52. The zero-order valence-corrected chi connectivity index (χ0v) is 6.21. The quantitative estimate of drug-likeness (QED) is 0.466. The summed E-state index contributed by atoms with van der Waals surface area (Å²) in [6, 6.07) is 0. The Kier molecular flexibility index (Phi) is 3.54. The maximum absolute atomic E-state index is 10.9. The highest BCUT2D eigenvalue weighted by molar-refractivity contribution is 7.48. The van der Waals surface area contributed by atoms with Gasteiger partial charge < -0.3 is 13.6 Å². The molecule has 0 saturated heterocycles. The molecule has 0 aliphatic carbocycles. The summed E-state index contributed by atoms with van der Waals surface area (Å²) in [4.78, 5) is 0. The second-order valence-electron chi connectivity index (χ2n) is 1.07. The summed E-state index contributed by atoms with van der Waals surface area (Å²) in [5, 5.41) is 0. The van der Waals surface area contributed by atoms with E-state index in [1.54, 1.807) is 18.3 Å². The molecule has 0 fully saturated rings. The van der Waals surface area contributed by atoms with Crippen molar-refractivity contribution in [1.82, 2.24) is 0 Å². The first kappa shape index (κ1) is 9.31. The lowest BCUT2D eigenvalue weighted by molar-refractivity contribution is 0.259. The Morgan fingerprint density at radius 2 is 1.18 bits per heavy atom. The number of phosphoric ester groups is 1. The van der Waals surface area contributed by atoms with Crippen LogP contribution in [0.4, 0.5) is 0 Å². The minimum absolute atomic E-state index is 1.57. The molecule has 0 aromatic carbocycles. The van der Waals surface area contributed by atoms with Crippen LogP contribution in [0.2, 0.25) is 0 Å². The normalized spacial score (nSPS) is 8.09. The molecule has 0 aliphatic heterocycles. The largest absolute Gasteiger partial charge is 0.673 e. The van der Waals surface area contributed by atoms with Crippen molar-refractivity contribution < 1.29 is 18.1 Å². The zero-order valence-electron chi connectivity index (χ0n) is 5.31. The van der Waals surface area contributed by atoms with E-state index in [0.29, 0.717) is 0 Å². The van der Waals surface area contributed by atoms with Crippen LogP contribution in [0.5, 0.6) is 0 Å². The van der Waals surface area contributed by atoms with E-state index < -0.39 is 7.82 Å². The van der Waals surface area contributed by atoms with E-state index in [0.717, 1.165) is 0 Å². The van der Waals surface area contributed by atoms with Gasteiger partial charge in [-0.15, -0.1) is 0 Å². The number of hydrogen-bond acceptors (Lipinski definition) is 4. The molecule has 0 spiro atoms. The van der Waals surface area contributed by atoms with E-state index in [-0.39, 0.29) is 0 Å². The molecule has 5 heteroatoms. The molecule has 0 atom stereocenters. The van der Waals surface area contributed by atoms with Gasteiger partial charge in [-0.25, -0.2) is 0 Å². The predicted molar refractivity (Wildman–Crippen MR) is 37.4 cm³/mol. The molecular weight excluding hydrogens is 167 g/mol. The van der Waals surface area contributed by atoms with E-state index in [9.17, 15) is 4.57 Å². The van der Waals surface area contributed by atoms with Crippen LogP contribution < -0.4 is 0 Å². The molecule has 0 radical (unpaired) electrons. The summed E-state index contributed by atoms with van der Waals surface area (Å²) in [6.07, 6.45) is 18.6. The lowest BCUT2D eigenvalue weighted by atomic mass is 11.3. The van der Waals surface area contributed by atoms with Crippen molar-refractivity contribution in [2.24, 2.45) is 0 Å². The Balaban J connectivity index is 4.34. The Hall–Kier alpha value is -1.69. The SMILES string of the molecule is C#COP(=O)(OC#C)OC#C. The minimum atomic E-state index is -3.93. The third-order valence-corrected chi connectivity index (χ3v) is 1.48. The van der Waals surface area contributed by atoms with Crippen LogP contribution in [-0.4, -0.2) is 0 Å². The van der Waals surface area contributed by atoms with Gasteiger partial charge in [0.25, 0.3) is 0 Å². The van der Waals surface area contributed by atoms with Gasteiger partial charge in [0.15, 0.2) is 0 Å². The van der Waals surface area contributed by atoms with Gasteiger partial charge >= 0.3 is 7.82 Å². The molecule has 0 aromatic rings. The standard InChI is InChI=1S/C6H3O4P/c1-4-8-11(7,9-5-2)10-6-3/h1-3H. The fourth-order valence-corrected chi connectivity index (χ4v) is 0.749. The maximum Gasteiger partial charge on any atom is 0.673 e. The second kappa shape index (κ2) is 4.18. The number of phosphoric acid groups is 1. The van der Waals surface area contributed by atoms with Gasteiger partial charge in [0.2, 0.25) is 0 Å². The van der Waals surface area contributed by atoms with Crippen LogP contribution in [0.15, 0.2) is 0 Å². The first-order valence-corrected chi connectivity index (χ1v) is 3.67. The van der Waals surface area contributed by atoms with Crippen molar-refractivity contribution in [2.75, 3.05) is 0 Å². The minimum Gasteiger partial charge on any atom is -0.331 e. The van der Waals surface area contributed by atoms with Crippen molar-refractivity contribution in [3.63, 3.8) is 0 Å². The van der Waals surface area contributed by atoms with Gasteiger partial charge in [-0.3, -0.25) is 0 Å². The first-order chi connectivity index (χ1) is 5.18. The zero-order chi connectivity index (χ0) is 8.74. The van der Waals surface area contributed by atoms with E-state index in [4.69, 9.17) is 0 Å². The van der Waals surface area contributed by atoms with Crippen LogP contribution in [0, 0.1) is 37.6 Å². The summed E-state index contributed by atoms with van der Waals surface area (Å²) < 4.78 is 23.1. The molecule has 0 aromatic heterocycles. The Morgan fingerprint density at radius 1 is 0.909 bits per heavy atom. The molecule has 0 bridgehead atoms. The van der Waals surface area contributed by atoms with Gasteiger partial charge in [-0.05, 0) is 0 Å². The molecule has 0 unspecified atom stereocenters. The summed E-state index contributed by atoms with van der Waals surface area (Å²) >= 11 is 0.